The molecular weight excluding hydrogens is 526 g/mol. The largest absolute Gasteiger partial charge is 3.00 e. The smallest absolute Gasteiger partial charge is 0.550 e. The van der Waals surface area contributed by atoms with Crippen LogP contribution in [-0.2, 0) is 62.9 Å². The summed E-state index contributed by atoms with van der Waals surface area (Å²) in [6, 6.07) is -3.63. The van der Waals surface area contributed by atoms with Crippen molar-refractivity contribution in [2.45, 2.75) is 56.7 Å². The maximum absolute atomic E-state index is 9.86. The molecule has 0 heterocycles. The molecule has 17 heteroatoms. The molecular formula is C15H21Fe2N3O12. The normalized spacial score (nSPS) is 11.7. The van der Waals surface area contributed by atoms with Gasteiger partial charge in [0.25, 0.3) is 0 Å². The molecule has 0 spiro atoms. The molecule has 0 aliphatic carbocycles. The van der Waals surface area contributed by atoms with Gasteiger partial charge in [0.15, 0.2) is 0 Å². The minimum atomic E-state index is -1.44. The van der Waals surface area contributed by atoms with Gasteiger partial charge in [0, 0.05) is 36.0 Å². The molecule has 0 aliphatic rings. The van der Waals surface area contributed by atoms with Crippen molar-refractivity contribution in [2.24, 2.45) is 17.2 Å². The van der Waals surface area contributed by atoms with E-state index in [-0.39, 0.29) is 72.7 Å². The van der Waals surface area contributed by atoms with Crippen molar-refractivity contribution in [2.75, 3.05) is 0 Å². The molecule has 0 unspecified atom stereocenters. The molecule has 0 aromatic carbocycles. The van der Waals surface area contributed by atoms with Gasteiger partial charge in [-0.05, 0) is 38.5 Å². The van der Waals surface area contributed by atoms with E-state index in [0.29, 0.717) is 0 Å². The van der Waals surface area contributed by atoms with Gasteiger partial charge >= 0.3 is 34.1 Å². The topological polar surface area (TPSA) is 319 Å². The molecule has 15 nitrogen and oxygen atoms in total. The van der Waals surface area contributed by atoms with Crippen LogP contribution in [0.25, 0.3) is 0 Å². The summed E-state index contributed by atoms with van der Waals surface area (Å²) in [5.41, 5.74) is 14.7. The summed E-state index contributed by atoms with van der Waals surface area (Å²) in [6.45, 7) is 0. The van der Waals surface area contributed by atoms with E-state index in [1.54, 1.807) is 0 Å². The molecule has 184 valence electrons. The van der Waals surface area contributed by atoms with E-state index in [1.807, 2.05) is 0 Å². The van der Waals surface area contributed by atoms with Crippen LogP contribution in [0.5, 0.6) is 0 Å². The Balaban J connectivity index is -0.000000110. The summed E-state index contributed by atoms with van der Waals surface area (Å²) in [7, 11) is 0. The van der Waals surface area contributed by atoms with Gasteiger partial charge in [0.1, 0.15) is 0 Å². The fourth-order valence-electron chi connectivity index (χ4n) is 1.17. The van der Waals surface area contributed by atoms with Crippen molar-refractivity contribution in [3.8, 4) is 0 Å². The van der Waals surface area contributed by atoms with Crippen LogP contribution in [0.3, 0.4) is 0 Å². The molecule has 0 saturated carbocycles. The third kappa shape index (κ3) is 32.4. The van der Waals surface area contributed by atoms with Crippen LogP contribution in [0.2, 0.25) is 0 Å². The van der Waals surface area contributed by atoms with Crippen LogP contribution in [-0.4, -0.2) is 53.9 Å². The van der Waals surface area contributed by atoms with Crippen molar-refractivity contribution in [3.63, 3.8) is 0 Å². The Morgan fingerprint density at radius 3 is 0.719 bits per heavy atom. The maximum atomic E-state index is 9.86. The molecule has 2 radical (unpaired) electrons. The SMILES string of the molecule is N[C@@H](CCC(=O)[O-])C(=O)[O-].N[C@@H](CCC(=O)[O-])C(=O)[O-].N[C@@H](CCC(=O)[O-])C(=O)[O-].[Fe+3].[Fe+3]. The van der Waals surface area contributed by atoms with Crippen molar-refractivity contribution in [1.82, 2.24) is 0 Å². The Morgan fingerprint density at radius 2 is 0.625 bits per heavy atom. The molecule has 0 bridgehead atoms. The molecule has 0 saturated heterocycles. The maximum Gasteiger partial charge on any atom is 3.00 e. The summed E-state index contributed by atoms with van der Waals surface area (Å²) in [5, 5.41) is 58.8. The number of rotatable bonds is 12. The zero-order valence-electron chi connectivity index (χ0n) is 16.3. The number of carbonyl (C=O) groups excluding carboxylic acids is 6. The van der Waals surface area contributed by atoms with Gasteiger partial charge in [-0.25, -0.2) is 0 Å². The molecule has 0 aliphatic heterocycles. The van der Waals surface area contributed by atoms with E-state index in [2.05, 4.69) is 0 Å². The van der Waals surface area contributed by atoms with Crippen molar-refractivity contribution >= 4 is 35.8 Å². The zero-order valence-corrected chi connectivity index (χ0v) is 18.5. The van der Waals surface area contributed by atoms with Crippen molar-refractivity contribution < 1.29 is 93.5 Å². The molecule has 3 atom stereocenters. The van der Waals surface area contributed by atoms with Gasteiger partial charge < -0.3 is 76.6 Å². The van der Waals surface area contributed by atoms with E-state index >= 15 is 0 Å². The summed E-state index contributed by atoms with van der Waals surface area (Å²) < 4.78 is 0. The second-order valence-corrected chi connectivity index (χ2v) is 5.51. The Labute approximate surface area is 203 Å². The summed E-state index contributed by atoms with van der Waals surface area (Å²) in [5.74, 6) is -8.26. The van der Waals surface area contributed by atoms with E-state index < -0.39 is 53.9 Å². The van der Waals surface area contributed by atoms with E-state index in [0.717, 1.165) is 0 Å². The fourth-order valence-corrected chi connectivity index (χ4v) is 1.17. The first kappa shape index (κ1) is 40.1. The number of carbonyl (C=O) groups is 6. The number of hydrogen-bond donors (Lipinski definition) is 3. The van der Waals surface area contributed by atoms with Gasteiger partial charge in [-0.2, -0.15) is 0 Å². The van der Waals surface area contributed by atoms with Gasteiger partial charge in [0.2, 0.25) is 0 Å². The molecule has 32 heavy (non-hydrogen) atoms. The predicted octanol–water partition coefficient (Wildman–Crippen LogP) is -10.2. The van der Waals surface area contributed by atoms with Crippen LogP contribution >= 0.6 is 0 Å². The van der Waals surface area contributed by atoms with Crippen LogP contribution < -0.4 is 47.8 Å². The average molecular weight is 547 g/mol. The Morgan fingerprint density at radius 1 is 0.469 bits per heavy atom. The standard InChI is InChI=1S/3C5H9NO4.2Fe/c3*6-3(5(9)10)1-2-4(7)8;;/h3*3H,1-2,6H2,(H,7,8)(H,9,10);;/q;;;2*+3/p-6/t3*3-;;/m000../s1. The number of hydrogen-bond acceptors (Lipinski definition) is 15. The average Bonchev–Trinajstić information content (AvgIpc) is 2.62. The third-order valence-corrected chi connectivity index (χ3v) is 2.89. The van der Waals surface area contributed by atoms with Gasteiger partial charge in [-0.3, -0.25) is 0 Å². The predicted molar refractivity (Wildman–Crippen MR) is 81.7 cm³/mol. The number of nitrogens with two attached hydrogens (primary N) is 3. The first-order valence-electron chi connectivity index (χ1n) is 8.10. The number of carboxylic acid groups (broad SMARTS) is 6. The Hall–Kier alpha value is -2.26. The minimum Gasteiger partial charge on any atom is -0.550 e. The first-order valence-corrected chi connectivity index (χ1v) is 8.10. The second kappa shape index (κ2) is 23.4. The summed E-state index contributed by atoms with van der Waals surface area (Å²) in [4.78, 5) is 58.8. The second-order valence-electron chi connectivity index (χ2n) is 5.51. The monoisotopic (exact) mass is 547 g/mol. The van der Waals surface area contributed by atoms with Crippen LogP contribution in [0.15, 0.2) is 0 Å². The van der Waals surface area contributed by atoms with Crippen molar-refractivity contribution in [1.29, 1.82) is 0 Å². The molecule has 0 aromatic heterocycles. The molecule has 0 amide bonds. The third-order valence-electron chi connectivity index (χ3n) is 2.89. The summed E-state index contributed by atoms with van der Waals surface area (Å²) in [6.07, 6.45) is -1.50. The van der Waals surface area contributed by atoms with Gasteiger partial charge in [-0.15, -0.1) is 0 Å². The van der Waals surface area contributed by atoms with Crippen LogP contribution in [0, 0.1) is 0 Å². The van der Waals surface area contributed by atoms with Crippen molar-refractivity contribution in [3.05, 3.63) is 0 Å². The van der Waals surface area contributed by atoms with Gasteiger partial charge in [-0.1, -0.05) is 0 Å². The van der Waals surface area contributed by atoms with Crippen LogP contribution in [0.1, 0.15) is 38.5 Å². The zero-order chi connectivity index (χ0) is 24.4. The number of aliphatic carboxylic acids is 6. The first-order chi connectivity index (χ1) is 13.6. The Kier molecular flexibility index (Phi) is 29.4. The molecule has 0 fully saturated rings. The molecule has 0 aromatic rings. The molecule has 0 rings (SSSR count). The van der Waals surface area contributed by atoms with Crippen LogP contribution in [0.4, 0.5) is 0 Å². The van der Waals surface area contributed by atoms with Gasteiger partial charge in [0.05, 0.1) is 17.9 Å². The fraction of sp³-hybridized carbons (Fsp3) is 0.600. The minimum absolute atomic E-state index is 0. The molecule has 6 N–H and O–H groups in total. The van der Waals surface area contributed by atoms with E-state index in [4.69, 9.17) is 17.2 Å². The quantitative estimate of drug-likeness (QED) is 0.191. The number of carboxylic acids is 6. The van der Waals surface area contributed by atoms with E-state index in [1.165, 1.54) is 0 Å². The van der Waals surface area contributed by atoms with E-state index in [9.17, 15) is 59.4 Å². The Bertz CT molecular complexity index is 525. The summed E-state index contributed by atoms with van der Waals surface area (Å²) >= 11 is 0.